The fraction of sp³-hybridized carbons (Fsp3) is 0.625. The molecule has 0 spiro atoms. The highest BCUT2D eigenvalue weighted by molar-refractivity contribution is 5.96. The van der Waals surface area contributed by atoms with Gasteiger partial charge in [-0.2, -0.15) is 13.2 Å². The molecule has 2 fully saturated rings. The minimum atomic E-state index is -4.61. The van der Waals surface area contributed by atoms with Gasteiger partial charge in [-0.25, -0.2) is 0 Å². The van der Waals surface area contributed by atoms with Crippen LogP contribution in [0.25, 0.3) is 0 Å². The molecule has 0 radical (unpaired) electrons. The van der Waals surface area contributed by atoms with Crippen molar-refractivity contribution in [1.29, 1.82) is 0 Å². The molecular weight excluding hydrogens is 435 g/mol. The second kappa shape index (κ2) is 10.1. The summed E-state index contributed by atoms with van der Waals surface area (Å²) in [6, 6.07) is 4.84. The highest BCUT2D eigenvalue weighted by atomic mass is 19.4. The van der Waals surface area contributed by atoms with Crippen LogP contribution in [0, 0.1) is 17.8 Å². The Kier molecular flexibility index (Phi) is 7.69. The van der Waals surface area contributed by atoms with Crippen molar-refractivity contribution in [1.82, 2.24) is 9.80 Å². The van der Waals surface area contributed by atoms with Crippen LogP contribution in [0.15, 0.2) is 24.3 Å². The maximum atomic E-state index is 13.2. The van der Waals surface area contributed by atoms with Gasteiger partial charge in [0.1, 0.15) is 0 Å². The summed E-state index contributed by atoms with van der Waals surface area (Å²) in [4.78, 5) is 41.4. The summed E-state index contributed by atoms with van der Waals surface area (Å²) < 4.78 is 39.6. The Bertz CT molecular complexity index is 889. The Morgan fingerprint density at radius 3 is 2.55 bits per heavy atom. The number of benzene rings is 1. The van der Waals surface area contributed by atoms with Gasteiger partial charge in [0.2, 0.25) is 17.7 Å². The van der Waals surface area contributed by atoms with E-state index in [9.17, 15) is 27.6 Å². The molecule has 182 valence electrons. The molecule has 1 aromatic rings. The number of nitrogens with one attached hydrogen (secondary N) is 1. The van der Waals surface area contributed by atoms with Gasteiger partial charge in [0.15, 0.2) is 0 Å². The summed E-state index contributed by atoms with van der Waals surface area (Å²) in [7, 11) is 0. The van der Waals surface area contributed by atoms with Crippen molar-refractivity contribution < 1.29 is 27.6 Å². The summed E-state index contributed by atoms with van der Waals surface area (Å²) in [6.45, 7) is 6.22. The summed E-state index contributed by atoms with van der Waals surface area (Å²) in [5.74, 6) is -0.738. The van der Waals surface area contributed by atoms with E-state index in [-0.39, 0.29) is 43.1 Å². The molecule has 0 bridgehead atoms. The molecule has 1 N–H and O–H groups in total. The maximum absolute atomic E-state index is 13.2. The quantitative estimate of drug-likeness (QED) is 0.683. The van der Waals surface area contributed by atoms with Gasteiger partial charge < -0.3 is 15.1 Å². The van der Waals surface area contributed by atoms with Crippen molar-refractivity contribution in [2.24, 2.45) is 17.8 Å². The van der Waals surface area contributed by atoms with E-state index in [0.717, 1.165) is 25.3 Å². The summed E-state index contributed by atoms with van der Waals surface area (Å²) in [6.07, 6.45) is -1.38. The molecule has 6 nitrogen and oxygen atoms in total. The van der Waals surface area contributed by atoms with E-state index in [2.05, 4.69) is 19.2 Å². The van der Waals surface area contributed by atoms with E-state index < -0.39 is 23.6 Å². The van der Waals surface area contributed by atoms with Crippen LogP contribution in [0.4, 0.5) is 18.9 Å². The molecule has 3 rings (SSSR count). The first kappa shape index (κ1) is 25.1. The predicted octanol–water partition coefficient (Wildman–Crippen LogP) is 4.17. The van der Waals surface area contributed by atoms with Gasteiger partial charge >= 0.3 is 6.18 Å². The summed E-state index contributed by atoms with van der Waals surface area (Å²) in [5, 5.41) is 2.28. The van der Waals surface area contributed by atoms with Crippen LogP contribution in [-0.2, 0) is 20.6 Å². The van der Waals surface area contributed by atoms with Gasteiger partial charge in [0, 0.05) is 25.6 Å². The maximum Gasteiger partial charge on any atom is 0.418 e. The number of halogens is 3. The zero-order chi connectivity index (χ0) is 24.3. The van der Waals surface area contributed by atoms with Crippen molar-refractivity contribution in [3.63, 3.8) is 0 Å². The number of likely N-dealkylation sites (tertiary alicyclic amines) is 1. The van der Waals surface area contributed by atoms with Gasteiger partial charge in [-0.05, 0) is 37.3 Å². The standard InChI is InChI=1S/C24H32F3N3O3/c1-4-29(14-21(31)28-19-10-6-5-9-18(19)24(25,26)27)23(33)17-12-22(32)30(13-17)20-11-7-8-15(2)16(20)3/h5-6,9-10,15-17,20H,4,7-8,11-14H2,1-3H3,(H,28,31)/t15-,16+,17-,20-/m1/s1. The fourth-order valence-corrected chi connectivity index (χ4v) is 5.02. The Labute approximate surface area is 192 Å². The number of amides is 3. The van der Waals surface area contributed by atoms with Gasteiger partial charge in [-0.1, -0.05) is 38.8 Å². The van der Waals surface area contributed by atoms with E-state index in [1.807, 2.05) is 4.90 Å². The zero-order valence-electron chi connectivity index (χ0n) is 19.3. The molecule has 1 aliphatic carbocycles. The van der Waals surface area contributed by atoms with Crippen LogP contribution < -0.4 is 5.32 Å². The van der Waals surface area contributed by atoms with Crippen LogP contribution in [0.1, 0.15) is 52.0 Å². The molecule has 0 unspecified atom stereocenters. The number of hydrogen-bond donors (Lipinski definition) is 1. The molecule has 0 aromatic heterocycles. The zero-order valence-corrected chi connectivity index (χ0v) is 19.3. The van der Waals surface area contributed by atoms with E-state index in [4.69, 9.17) is 0 Å². The first-order chi connectivity index (χ1) is 15.5. The minimum Gasteiger partial charge on any atom is -0.339 e. The highest BCUT2D eigenvalue weighted by Crippen LogP contribution is 2.36. The predicted molar refractivity (Wildman–Crippen MR) is 118 cm³/mol. The Hall–Kier alpha value is -2.58. The van der Waals surface area contributed by atoms with Crippen LogP contribution in [-0.4, -0.2) is 53.2 Å². The Balaban J connectivity index is 1.64. The number of rotatable bonds is 6. The fourth-order valence-electron chi connectivity index (χ4n) is 5.02. The number of carbonyl (C=O) groups is 3. The highest BCUT2D eigenvalue weighted by Gasteiger charge is 2.42. The minimum absolute atomic E-state index is 0.0427. The average Bonchev–Trinajstić information content (AvgIpc) is 3.14. The molecule has 1 aromatic carbocycles. The van der Waals surface area contributed by atoms with Crippen molar-refractivity contribution in [2.45, 2.75) is 58.7 Å². The van der Waals surface area contributed by atoms with Gasteiger partial charge in [0.25, 0.3) is 0 Å². The van der Waals surface area contributed by atoms with E-state index in [1.165, 1.54) is 23.1 Å². The second-order valence-electron chi connectivity index (χ2n) is 9.23. The Morgan fingerprint density at radius 2 is 1.88 bits per heavy atom. The van der Waals surface area contributed by atoms with E-state index >= 15 is 0 Å². The van der Waals surface area contributed by atoms with Crippen molar-refractivity contribution in [2.75, 3.05) is 25.0 Å². The number of hydrogen-bond acceptors (Lipinski definition) is 3. The molecule has 9 heteroatoms. The number of likely N-dealkylation sites (N-methyl/N-ethyl adjacent to an activating group) is 1. The van der Waals surface area contributed by atoms with Gasteiger partial charge in [0.05, 0.1) is 23.7 Å². The summed E-state index contributed by atoms with van der Waals surface area (Å²) in [5.41, 5.74) is -1.29. The molecule has 1 aliphatic heterocycles. The number of para-hydroxylation sites is 1. The van der Waals surface area contributed by atoms with E-state index in [1.54, 1.807) is 6.92 Å². The monoisotopic (exact) mass is 467 g/mol. The van der Waals surface area contributed by atoms with Crippen molar-refractivity contribution in [3.8, 4) is 0 Å². The lowest BCUT2D eigenvalue weighted by atomic mass is 9.77. The lowest BCUT2D eigenvalue weighted by molar-refractivity contribution is -0.138. The largest absolute Gasteiger partial charge is 0.418 e. The number of alkyl halides is 3. The van der Waals surface area contributed by atoms with Crippen LogP contribution >= 0.6 is 0 Å². The van der Waals surface area contributed by atoms with Crippen LogP contribution in [0.2, 0.25) is 0 Å². The topological polar surface area (TPSA) is 69.7 Å². The van der Waals surface area contributed by atoms with Crippen molar-refractivity contribution in [3.05, 3.63) is 29.8 Å². The number of carbonyl (C=O) groups excluding carboxylic acids is 3. The lowest BCUT2D eigenvalue weighted by Crippen LogP contribution is -2.46. The third kappa shape index (κ3) is 5.68. The van der Waals surface area contributed by atoms with Crippen LogP contribution in [0.3, 0.4) is 0 Å². The molecule has 33 heavy (non-hydrogen) atoms. The molecule has 1 saturated carbocycles. The van der Waals surface area contributed by atoms with Crippen LogP contribution in [0.5, 0.6) is 0 Å². The number of anilines is 1. The molecule has 1 saturated heterocycles. The smallest absolute Gasteiger partial charge is 0.339 e. The average molecular weight is 468 g/mol. The van der Waals surface area contributed by atoms with E-state index in [0.29, 0.717) is 18.4 Å². The molecule has 4 atom stereocenters. The third-order valence-electron chi connectivity index (χ3n) is 7.11. The first-order valence-electron chi connectivity index (χ1n) is 11.6. The molecule has 3 amide bonds. The van der Waals surface area contributed by atoms with Gasteiger partial charge in [-0.15, -0.1) is 0 Å². The summed E-state index contributed by atoms with van der Waals surface area (Å²) >= 11 is 0. The van der Waals surface area contributed by atoms with Gasteiger partial charge in [-0.3, -0.25) is 14.4 Å². The normalized spacial score (nSPS) is 25.8. The SMILES string of the molecule is CCN(CC(=O)Nc1ccccc1C(F)(F)F)C(=O)[C@@H]1CC(=O)N([C@@H]2CCC[C@@H](C)[C@@H]2C)C1. The van der Waals surface area contributed by atoms with Crippen molar-refractivity contribution >= 4 is 23.4 Å². The second-order valence-corrected chi connectivity index (χ2v) is 9.23. The molecule has 2 aliphatic rings. The number of nitrogens with zero attached hydrogens (tertiary/aromatic N) is 2. The lowest BCUT2D eigenvalue weighted by Gasteiger charge is -2.40. The third-order valence-corrected chi connectivity index (χ3v) is 7.11. The Morgan fingerprint density at radius 1 is 1.18 bits per heavy atom. The first-order valence-corrected chi connectivity index (χ1v) is 11.6. The molecular formula is C24H32F3N3O3. The molecule has 1 heterocycles.